The molecule has 0 aliphatic carbocycles. The van der Waals surface area contributed by atoms with Gasteiger partial charge in [0, 0.05) is 5.57 Å². The Morgan fingerprint density at radius 2 is 1.74 bits per heavy atom. The van der Waals surface area contributed by atoms with Crippen molar-refractivity contribution in [2.24, 2.45) is 0 Å². The normalized spacial score (nSPS) is 12.3. The Morgan fingerprint density at radius 3 is 2.44 bits per heavy atom. The summed E-state index contributed by atoms with van der Waals surface area (Å²) in [6, 6.07) is 13.1. The van der Waals surface area contributed by atoms with Crippen LogP contribution in [0.5, 0.6) is 11.5 Å². The van der Waals surface area contributed by atoms with Crippen LogP contribution in [0.4, 0.5) is 0 Å². The molecule has 2 aromatic carbocycles. The van der Waals surface area contributed by atoms with Crippen LogP contribution in [0, 0.1) is 6.92 Å². The zero-order valence-electron chi connectivity index (χ0n) is 16.0. The first kappa shape index (κ1) is 20.0. The molecule has 27 heavy (non-hydrogen) atoms. The highest BCUT2D eigenvalue weighted by atomic mass is 16.5. The Balaban J connectivity index is 2.16. The Morgan fingerprint density at radius 1 is 1.00 bits per heavy atom. The van der Waals surface area contributed by atoms with E-state index in [1.54, 1.807) is 33.3 Å². The maximum absolute atomic E-state index is 12.3. The van der Waals surface area contributed by atoms with Gasteiger partial charge in [0.1, 0.15) is 17.3 Å². The molecule has 0 spiro atoms. The van der Waals surface area contributed by atoms with Crippen molar-refractivity contribution in [3.05, 3.63) is 82.6 Å². The van der Waals surface area contributed by atoms with Gasteiger partial charge in [-0.15, -0.1) is 0 Å². The predicted octanol–water partition coefficient (Wildman–Crippen LogP) is 5.14. The van der Waals surface area contributed by atoms with Crippen molar-refractivity contribution in [3.8, 4) is 11.5 Å². The van der Waals surface area contributed by atoms with Gasteiger partial charge in [0.05, 0.1) is 14.2 Å². The second kappa shape index (κ2) is 9.43. The minimum atomic E-state index is -0.259. The van der Waals surface area contributed by atoms with E-state index in [0.717, 1.165) is 28.2 Å². The van der Waals surface area contributed by atoms with E-state index in [2.05, 4.69) is 0 Å². The molecule has 0 unspecified atom stereocenters. The highest BCUT2D eigenvalue weighted by Crippen LogP contribution is 2.22. The maximum Gasteiger partial charge on any atom is 0.185 e. The molecule has 0 saturated carbocycles. The molecular formula is C23H24O4. The smallest absolute Gasteiger partial charge is 0.185 e. The zero-order chi connectivity index (χ0) is 19.8. The van der Waals surface area contributed by atoms with Gasteiger partial charge < -0.3 is 14.6 Å². The summed E-state index contributed by atoms with van der Waals surface area (Å²) in [5.74, 6) is 1.16. The minimum absolute atomic E-state index is 0.0742. The standard InChI is InChI=1S/C23H24O4/c1-16-19(8-6-10-23(16)27-4)12-14-22(25)17(2)21(24)13-11-18-7-5-9-20(15-18)26-3/h5-15,24H,1-4H3/b13-11+,14-12+,21-17-. The van der Waals surface area contributed by atoms with Crippen LogP contribution in [0.15, 0.2) is 65.9 Å². The second-order valence-electron chi connectivity index (χ2n) is 5.99. The van der Waals surface area contributed by atoms with Crippen LogP contribution in [-0.2, 0) is 4.79 Å². The number of aliphatic hydroxyl groups is 1. The van der Waals surface area contributed by atoms with E-state index in [1.807, 2.05) is 49.4 Å². The van der Waals surface area contributed by atoms with Crippen molar-refractivity contribution >= 4 is 17.9 Å². The van der Waals surface area contributed by atoms with Gasteiger partial charge in [-0.1, -0.05) is 36.4 Å². The van der Waals surface area contributed by atoms with Crippen molar-refractivity contribution in [1.29, 1.82) is 0 Å². The van der Waals surface area contributed by atoms with Crippen molar-refractivity contribution < 1.29 is 19.4 Å². The molecule has 4 heteroatoms. The molecule has 0 saturated heterocycles. The number of methoxy groups -OCH3 is 2. The summed E-state index contributed by atoms with van der Waals surface area (Å²) >= 11 is 0. The summed E-state index contributed by atoms with van der Waals surface area (Å²) in [6.07, 6.45) is 6.41. The first-order valence-corrected chi connectivity index (χ1v) is 8.54. The summed E-state index contributed by atoms with van der Waals surface area (Å²) in [5, 5.41) is 10.2. The lowest BCUT2D eigenvalue weighted by Gasteiger charge is -2.06. The molecule has 0 bridgehead atoms. The number of carbonyl (C=O) groups is 1. The number of allylic oxidation sites excluding steroid dienone is 3. The molecule has 0 amide bonds. The third kappa shape index (κ3) is 5.35. The molecular weight excluding hydrogens is 340 g/mol. The lowest BCUT2D eigenvalue weighted by Crippen LogP contribution is -1.98. The van der Waals surface area contributed by atoms with E-state index < -0.39 is 0 Å². The minimum Gasteiger partial charge on any atom is -0.508 e. The third-order valence-electron chi connectivity index (χ3n) is 4.24. The average Bonchev–Trinajstić information content (AvgIpc) is 2.70. The molecule has 0 aliphatic rings. The van der Waals surface area contributed by atoms with E-state index in [1.165, 1.54) is 12.2 Å². The average molecular weight is 364 g/mol. The number of ether oxygens (including phenoxy) is 2. The van der Waals surface area contributed by atoms with Gasteiger partial charge in [-0.3, -0.25) is 4.79 Å². The fourth-order valence-corrected chi connectivity index (χ4v) is 2.50. The Hall–Kier alpha value is -3.27. The Kier molecular flexibility index (Phi) is 7.00. The highest BCUT2D eigenvalue weighted by Gasteiger charge is 2.06. The number of benzene rings is 2. The first-order valence-electron chi connectivity index (χ1n) is 8.54. The molecule has 140 valence electrons. The van der Waals surface area contributed by atoms with Crippen LogP contribution in [-0.4, -0.2) is 25.1 Å². The monoisotopic (exact) mass is 364 g/mol. The van der Waals surface area contributed by atoms with Gasteiger partial charge in [0.15, 0.2) is 5.78 Å². The van der Waals surface area contributed by atoms with Crippen LogP contribution in [0.1, 0.15) is 23.6 Å². The number of carbonyl (C=O) groups excluding carboxylic acids is 1. The maximum atomic E-state index is 12.3. The summed E-state index contributed by atoms with van der Waals surface area (Å²) in [6.45, 7) is 3.52. The van der Waals surface area contributed by atoms with E-state index in [9.17, 15) is 9.90 Å². The summed E-state index contributed by atoms with van der Waals surface area (Å²) in [5.41, 5.74) is 2.98. The molecule has 2 aromatic rings. The third-order valence-corrected chi connectivity index (χ3v) is 4.24. The van der Waals surface area contributed by atoms with Gasteiger partial charge >= 0.3 is 0 Å². The van der Waals surface area contributed by atoms with Gasteiger partial charge in [-0.25, -0.2) is 0 Å². The van der Waals surface area contributed by atoms with Gasteiger partial charge in [0.25, 0.3) is 0 Å². The summed E-state index contributed by atoms with van der Waals surface area (Å²) in [7, 11) is 3.21. The highest BCUT2D eigenvalue weighted by molar-refractivity contribution is 6.06. The zero-order valence-corrected chi connectivity index (χ0v) is 16.0. The lowest BCUT2D eigenvalue weighted by molar-refractivity contribution is -0.111. The predicted molar refractivity (Wildman–Crippen MR) is 109 cm³/mol. The molecule has 0 radical (unpaired) electrons. The van der Waals surface area contributed by atoms with E-state index in [-0.39, 0.29) is 17.1 Å². The van der Waals surface area contributed by atoms with Crippen LogP contribution < -0.4 is 9.47 Å². The molecule has 0 fully saturated rings. The Bertz CT molecular complexity index is 904. The SMILES string of the molecule is COc1cccc(/C=C/C(O)=C(\C)C(=O)/C=C/c2cccc(OC)c2C)c1. The Labute approximate surface area is 160 Å². The molecule has 0 atom stereocenters. The molecule has 4 nitrogen and oxygen atoms in total. The van der Waals surface area contributed by atoms with Crippen molar-refractivity contribution in [2.45, 2.75) is 13.8 Å². The fourth-order valence-electron chi connectivity index (χ4n) is 2.50. The number of hydrogen-bond donors (Lipinski definition) is 1. The molecule has 1 N–H and O–H groups in total. The number of aliphatic hydroxyl groups excluding tert-OH is 1. The van der Waals surface area contributed by atoms with Crippen molar-refractivity contribution in [1.82, 2.24) is 0 Å². The molecule has 2 rings (SSSR count). The van der Waals surface area contributed by atoms with Crippen LogP contribution in [0.3, 0.4) is 0 Å². The number of rotatable bonds is 7. The number of ketones is 1. The lowest BCUT2D eigenvalue weighted by atomic mass is 10.0. The molecule has 0 heterocycles. The number of hydrogen-bond acceptors (Lipinski definition) is 4. The topological polar surface area (TPSA) is 55.8 Å². The van der Waals surface area contributed by atoms with Crippen LogP contribution in [0.2, 0.25) is 0 Å². The van der Waals surface area contributed by atoms with E-state index in [0.29, 0.717) is 0 Å². The van der Waals surface area contributed by atoms with Gasteiger partial charge in [-0.05, 0) is 60.9 Å². The van der Waals surface area contributed by atoms with Gasteiger partial charge in [0.2, 0.25) is 0 Å². The van der Waals surface area contributed by atoms with Crippen LogP contribution >= 0.6 is 0 Å². The summed E-state index contributed by atoms with van der Waals surface area (Å²) in [4.78, 5) is 12.3. The van der Waals surface area contributed by atoms with Gasteiger partial charge in [-0.2, -0.15) is 0 Å². The van der Waals surface area contributed by atoms with Crippen molar-refractivity contribution in [3.63, 3.8) is 0 Å². The van der Waals surface area contributed by atoms with E-state index in [4.69, 9.17) is 9.47 Å². The quantitative estimate of drug-likeness (QED) is 0.420. The molecule has 0 aromatic heterocycles. The van der Waals surface area contributed by atoms with Crippen LogP contribution in [0.25, 0.3) is 12.2 Å². The first-order chi connectivity index (χ1) is 13.0. The second-order valence-corrected chi connectivity index (χ2v) is 5.99. The van der Waals surface area contributed by atoms with Crippen molar-refractivity contribution in [2.75, 3.05) is 14.2 Å². The van der Waals surface area contributed by atoms with E-state index >= 15 is 0 Å². The largest absolute Gasteiger partial charge is 0.508 e. The fraction of sp³-hybridized carbons (Fsp3) is 0.174. The summed E-state index contributed by atoms with van der Waals surface area (Å²) < 4.78 is 10.4. The molecule has 0 aliphatic heterocycles.